The predicted molar refractivity (Wildman–Crippen MR) is 149 cm³/mol. The molecule has 0 aromatic heterocycles. The van der Waals surface area contributed by atoms with Gasteiger partial charge in [0.2, 0.25) is 5.75 Å². The van der Waals surface area contributed by atoms with E-state index in [0.717, 1.165) is 44.4 Å². The molecule has 1 aliphatic heterocycles. The Morgan fingerprint density at radius 1 is 0.500 bits per heavy atom. The monoisotopic (exact) mass is 504 g/mol. The van der Waals surface area contributed by atoms with Crippen LogP contribution in [0.15, 0.2) is 127 Å². The quantitative estimate of drug-likeness (QED) is 0.179. The van der Waals surface area contributed by atoms with Crippen LogP contribution in [0.4, 0.5) is 13.2 Å². The van der Waals surface area contributed by atoms with E-state index in [1.54, 1.807) is 36.4 Å². The van der Waals surface area contributed by atoms with E-state index in [1.165, 1.54) is 36.4 Å². The first-order valence-corrected chi connectivity index (χ1v) is 12.5. The van der Waals surface area contributed by atoms with Gasteiger partial charge in [-0.25, -0.2) is 13.2 Å². The maximum absolute atomic E-state index is 14.3. The molecule has 5 aromatic carbocycles. The number of halogens is 3. The Labute approximate surface area is 220 Å². The highest BCUT2D eigenvalue weighted by Crippen LogP contribution is 2.51. The molecule has 5 heteroatoms. The molecule has 0 spiro atoms. The summed E-state index contributed by atoms with van der Waals surface area (Å²) in [5, 5.41) is 0. The van der Waals surface area contributed by atoms with Crippen molar-refractivity contribution in [2.24, 2.45) is 0 Å². The second kappa shape index (κ2) is 9.42. The lowest BCUT2D eigenvalue weighted by atomic mass is 9.25. The average Bonchev–Trinajstić information content (AvgIpc) is 2.95. The first-order chi connectivity index (χ1) is 18.5. The van der Waals surface area contributed by atoms with Gasteiger partial charge >= 0.3 is 6.35 Å². The van der Waals surface area contributed by atoms with E-state index in [0.29, 0.717) is 0 Å². The maximum Gasteiger partial charge on any atom is 0.415 e. The highest BCUT2D eigenvalue weighted by molar-refractivity contribution is 7.12. The molecule has 0 N–H and O–H groups in total. The van der Waals surface area contributed by atoms with Crippen LogP contribution in [0, 0.1) is 17.5 Å². The summed E-state index contributed by atoms with van der Waals surface area (Å²) in [6, 6.07) is 37.5. The van der Waals surface area contributed by atoms with Gasteiger partial charge in [0.15, 0.2) is 0 Å². The van der Waals surface area contributed by atoms with Crippen LogP contribution in [-0.4, -0.2) is 13.5 Å². The summed E-state index contributed by atoms with van der Waals surface area (Å²) in [7, 11) is 1.94. The smallest absolute Gasteiger partial charge is 0.415 e. The molecule has 0 saturated heterocycles. The minimum absolute atomic E-state index is 0.338. The lowest BCUT2D eigenvalue weighted by molar-refractivity contribution is 0.173. The van der Waals surface area contributed by atoms with Crippen LogP contribution in [-0.2, 0) is 4.28 Å². The summed E-state index contributed by atoms with van der Waals surface area (Å²) in [6.45, 7) is 0. The van der Waals surface area contributed by atoms with E-state index in [9.17, 15) is 13.2 Å². The zero-order valence-corrected chi connectivity index (χ0v) is 20.7. The SMILES string of the molecule is C[O+]1c2ccccc2C(c2ccccc2)=C(c2ccc(F)cc2)[B-]1(c1ccc(F)cc1)c1ccc(F)cc1. The number of hydrogen-bond donors (Lipinski definition) is 0. The fraction of sp³-hybridized carbons (Fsp3) is 0.0303. The van der Waals surface area contributed by atoms with E-state index in [2.05, 4.69) is 22.5 Å². The van der Waals surface area contributed by atoms with Gasteiger partial charge in [-0.1, -0.05) is 89.9 Å². The number of fused-ring (bicyclic) bond motifs is 1. The van der Waals surface area contributed by atoms with Crippen molar-refractivity contribution in [2.45, 2.75) is 0 Å². The molecule has 5 aromatic rings. The van der Waals surface area contributed by atoms with Gasteiger partial charge < -0.3 is 4.28 Å². The molecule has 0 unspecified atom stereocenters. The van der Waals surface area contributed by atoms with Crippen LogP contribution in [0.3, 0.4) is 0 Å². The molecule has 0 atom stereocenters. The van der Waals surface area contributed by atoms with Crippen LogP contribution in [0.2, 0.25) is 0 Å². The van der Waals surface area contributed by atoms with Gasteiger partial charge in [-0.3, -0.25) is 0 Å². The Balaban J connectivity index is 1.85. The van der Waals surface area contributed by atoms with Crippen LogP contribution in [0.25, 0.3) is 11.0 Å². The van der Waals surface area contributed by atoms with Crippen LogP contribution in [0.5, 0.6) is 5.75 Å². The summed E-state index contributed by atoms with van der Waals surface area (Å²) in [4.78, 5) is 0. The van der Waals surface area contributed by atoms with Crippen LogP contribution >= 0.6 is 0 Å². The average molecular weight is 504 g/mol. The number of rotatable bonds is 4. The molecule has 0 saturated carbocycles. The molecule has 186 valence electrons. The maximum atomic E-state index is 14.3. The summed E-state index contributed by atoms with van der Waals surface area (Å²) >= 11 is 0. The van der Waals surface area contributed by atoms with Crippen molar-refractivity contribution in [3.63, 3.8) is 0 Å². The Morgan fingerprint density at radius 3 is 1.53 bits per heavy atom. The lowest BCUT2D eigenvalue weighted by Gasteiger charge is -2.55. The number of hydrogen-bond acceptors (Lipinski definition) is 0. The Hall–Kier alpha value is -4.51. The third-order valence-corrected chi connectivity index (χ3v) is 7.61. The summed E-state index contributed by atoms with van der Waals surface area (Å²) in [6.07, 6.45) is -2.08. The van der Waals surface area contributed by atoms with Gasteiger partial charge in [0, 0.05) is 6.07 Å². The van der Waals surface area contributed by atoms with E-state index in [-0.39, 0.29) is 17.5 Å². The molecular formula is C33H24BF3O. The molecule has 0 fully saturated rings. The molecular weight excluding hydrogens is 480 g/mol. The summed E-state index contributed by atoms with van der Waals surface area (Å²) < 4.78 is 46.1. The zero-order chi connectivity index (χ0) is 26.3. The third-order valence-electron chi connectivity index (χ3n) is 7.61. The number of para-hydroxylation sites is 1. The fourth-order valence-electron chi connectivity index (χ4n) is 6.00. The van der Waals surface area contributed by atoms with E-state index >= 15 is 0 Å². The number of benzene rings is 5. The normalized spacial score (nSPS) is 14.4. The van der Waals surface area contributed by atoms with Gasteiger partial charge in [0.25, 0.3) is 0 Å². The topological polar surface area (TPSA) is 2.70 Å². The molecule has 6 rings (SSSR count). The highest BCUT2D eigenvalue weighted by atomic mass is 19.1. The molecule has 38 heavy (non-hydrogen) atoms. The predicted octanol–water partition coefficient (Wildman–Crippen LogP) is 7.27. The molecule has 0 bridgehead atoms. The highest BCUT2D eigenvalue weighted by Gasteiger charge is 2.51. The van der Waals surface area contributed by atoms with Gasteiger partial charge in [-0.05, 0) is 53.6 Å². The van der Waals surface area contributed by atoms with Crippen molar-refractivity contribution in [2.75, 3.05) is 7.11 Å². The molecule has 0 amide bonds. The van der Waals surface area contributed by atoms with Crippen LogP contribution in [0.1, 0.15) is 16.7 Å². The van der Waals surface area contributed by atoms with Crippen molar-refractivity contribution in [1.29, 1.82) is 0 Å². The first-order valence-electron chi connectivity index (χ1n) is 12.5. The van der Waals surface area contributed by atoms with Gasteiger partial charge in [0.1, 0.15) is 24.6 Å². The molecule has 0 aliphatic carbocycles. The van der Waals surface area contributed by atoms with Gasteiger partial charge in [0.05, 0.1) is 5.56 Å². The largest absolute Gasteiger partial charge is 0.810 e. The lowest BCUT2D eigenvalue weighted by Crippen LogP contribution is -2.66. The fourth-order valence-corrected chi connectivity index (χ4v) is 6.00. The second-order valence-electron chi connectivity index (χ2n) is 9.61. The second-order valence-corrected chi connectivity index (χ2v) is 9.61. The van der Waals surface area contributed by atoms with Crippen molar-refractivity contribution in [3.05, 3.63) is 162 Å². The van der Waals surface area contributed by atoms with Crippen molar-refractivity contribution >= 4 is 28.3 Å². The first kappa shape index (κ1) is 23.9. The third kappa shape index (κ3) is 3.74. The Bertz CT molecular complexity index is 1580. The van der Waals surface area contributed by atoms with Gasteiger partial charge in [-0.15, -0.1) is 10.9 Å². The zero-order valence-electron chi connectivity index (χ0n) is 20.7. The molecule has 1 nitrogen and oxygen atoms in total. The van der Waals surface area contributed by atoms with Crippen molar-refractivity contribution in [3.8, 4) is 5.75 Å². The molecule has 1 aliphatic rings. The molecule has 0 radical (unpaired) electrons. The van der Waals surface area contributed by atoms with E-state index in [1.807, 2.05) is 43.5 Å². The van der Waals surface area contributed by atoms with Crippen molar-refractivity contribution in [1.82, 2.24) is 0 Å². The standard InChI is InChI=1S/C33H24BF3O/c1-38-31-10-6-5-9-30(31)32(23-7-3-2-4-8-23)33(24-11-17-27(35)18-12-24)34(38,25-13-19-28(36)20-14-25)26-15-21-29(37)22-16-26/h2-22H,1H3. The summed E-state index contributed by atoms with van der Waals surface area (Å²) in [5.41, 5.74) is 6.34. The summed E-state index contributed by atoms with van der Waals surface area (Å²) in [5.74, 6) is -0.128. The minimum Gasteiger partial charge on any atom is -0.810 e. The van der Waals surface area contributed by atoms with Gasteiger partial charge in [-0.2, -0.15) is 0 Å². The van der Waals surface area contributed by atoms with Crippen molar-refractivity contribution < 1.29 is 17.5 Å². The Kier molecular flexibility index (Phi) is 5.92. The van der Waals surface area contributed by atoms with E-state index in [4.69, 9.17) is 0 Å². The minimum atomic E-state index is -2.08. The van der Waals surface area contributed by atoms with Crippen LogP contribution < -0.4 is 10.9 Å². The molecule has 1 heterocycles. The Morgan fingerprint density at radius 2 is 0.974 bits per heavy atom. The van der Waals surface area contributed by atoms with E-state index < -0.39 is 6.35 Å².